The van der Waals surface area contributed by atoms with Crippen LogP contribution in [0.25, 0.3) is 0 Å². The van der Waals surface area contributed by atoms with Crippen LogP contribution in [-0.2, 0) is 0 Å². The standard InChI is InChI=1S/C14H11BrClFO/c1-18-13-7-6-9(16)8-11(13)14(15)10-4-2-3-5-12(10)17/h2-8,14H,1H3. The minimum atomic E-state index is -0.299. The van der Waals surface area contributed by atoms with E-state index in [9.17, 15) is 4.39 Å². The zero-order valence-corrected chi connectivity index (χ0v) is 12.0. The Bertz CT molecular complexity index is 559. The van der Waals surface area contributed by atoms with Crippen LogP contribution in [0.15, 0.2) is 42.5 Å². The van der Waals surface area contributed by atoms with Gasteiger partial charge in [-0.15, -0.1) is 0 Å². The van der Waals surface area contributed by atoms with E-state index in [0.29, 0.717) is 16.3 Å². The normalized spacial score (nSPS) is 12.2. The quantitative estimate of drug-likeness (QED) is 0.722. The average Bonchev–Trinajstić information content (AvgIpc) is 2.38. The highest BCUT2D eigenvalue weighted by Gasteiger charge is 2.18. The predicted octanol–water partition coefficient (Wildman–Crippen LogP) is 4.97. The predicted molar refractivity (Wildman–Crippen MR) is 75.2 cm³/mol. The molecule has 1 atom stereocenters. The topological polar surface area (TPSA) is 9.23 Å². The molecule has 0 aliphatic rings. The molecule has 1 nitrogen and oxygen atoms in total. The summed E-state index contributed by atoms with van der Waals surface area (Å²) in [4.78, 5) is -0.299. The summed E-state index contributed by atoms with van der Waals surface area (Å²) in [6.45, 7) is 0. The molecule has 0 bridgehead atoms. The lowest BCUT2D eigenvalue weighted by atomic mass is 10.0. The van der Waals surface area contributed by atoms with E-state index in [1.165, 1.54) is 6.07 Å². The molecule has 2 aromatic carbocycles. The van der Waals surface area contributed by atoms with Crippen molar-refractivity contribution in [3.8, 4) is 5.75 Å². The molecule has 0 aliphatic carbocycles. The van der Waals surface area contributed by atoms with Gasteiger partial charge in [-0.2, -0.15) is 0 Å². The first kappa shape index (κ1) is 13.4. The summed E-state index contributed by atoms with van der Waals surface area (Å²) < 4.78 is 19.0. The van der Waals surface area contributed by atoms with Crippen LogP contribution in [0.1, 0.15) is 16.0 Å². The number of ether oxygens (including phenoxy) is 1. The summed E-state index contributed by atoms with van der Waals surface area (Å²) in [5.74, 6) is 0.408. The molecule has 0 radical (unpaired) electrons. The third kappa shape index (κ3) is 2.68. The van der Waals surface area contributed by atoms with E-state index < -0.39 is 0 Å². The first-order chi connectivity index (χ1) is 8.63. The third-order valence-electron chi connectivity index (χ3n) is 2.64. The monoisotopic (exact) mass is 328 g/mol. The van der Waals surface area contributed by atoms with Crippen LogP contribution >= 0.6 is 27.5 Å². The lowest BCUT2D eigenvalue weighted by Gasteiger charge is -2.15. The molecule has 0 saturated heterocycles. The van der Waals surface area contributed by atoms with Gasteiger partial charge in [0.1, 0.15) is 11.6 Å². The molecule has 0 aliphatic heterocycles. The second-order valence-electron chi connectivity index (χ2n) is 3.77. The molecule has 18 heavy (non-hydrogen) atoms. The molecular weight excluding hydrogens is 319 g/mol. The number of alkyl halides is 1. The summed E-state index contributed by atoms with van der Waals surface area (Å²) in [6, 6.07) is 11.9. The van der Waals surface area contributed by atoms with Gasteiger partial charge in [0, 0.05) is 16.1 Å². The van der Waals surface area contributed by atoms with Crippen molar-refractivity contribution in [1.29, 1.82) is 0 Å². The maximum absolute atomic E-state index is 13.8. The van der Waals surface area contributed by atoms with Crippen LogP contribution in [0.3, 0.4) is 0 Å². The van der Waals surface area contributed by atoms with E-state index in [-0.39, 0.29) is 10.6 Å². The fourth-order valence-corrected chi connectivity index (χ4v) is 2.66. The lowest BCUT2D eigenvalue weighted by Crippen LogP contribution is -1.99. The molecule has 0 aromatic heterocycles. The molecule has 0 saturated carbocycles. The zero-order valence-electron chi connectivity index (χ0n) is 9.66. The van der Waals surface area contributed by atoms with Crippen LogP contribution in [0.2, 0.25) is 5.02 Å². The van der Waals surface area contributed by atoms with Crippen molar-refractivity contribution < 1.29 is 9.13 Å². The lowest BCUT2D eigenvalue weighted by molar-refractivity contribution is 0.410. The molecule has 0 spiro atoms. The van der Waals surface area contributed by atoms with Crippen LogP contribution in [0, 0.1) is 5.82 Å². The number of hydrogen-bond acceptors (Lipinski definition) is 1. The van der Waals surface area contributed by atoms with Crippen LogP contribution < -0.4 is 4.74 Å². The number of halogens is 3. The molecule has 2 aromatic rings. The van der Waals surface area contributed by atoms with Crippen molar-refractivity contribution in [2.45, 2.75) is 4.83 Å². The summed E-state index contributed by atoms with van der Waals surface area (Å²) in [5.41, 5.74) is 1.35. The van der Waals surface area contributed by atoms with E-state index >= 15 is 0 Å². The number of rotatable bonds is 3. The Kier molecular flexibility index (Phi) is 4.25. The van der Waals surface area contributed by atoms with Crippen molar-refractivity contribution in [1.82, 2.24) is 0 Å². The smallest absolute Gasteiger partial charge is 0.127 e. The van der Waals surface area contributed by atoms with Gasteiger partial charge in [0.15, 0.2) is 0 Å². The molecule has 94 valence electrons. The highest BCUT2D eigenvalue weighted by Crippen LogP contribution is 2.38. The van der Waals surface area contributed by atoms with E-state index in [2.05, 4.69) is 15.9 Å². The van der Waals surface area contributed by atoms with Gasteiger partial charge >= 0.3 is 0 Å². The maximum Gasteiger partial charge on any atom is 0.127 e. The summed E-state index contributed by atoms with van der Waals surface area (Å²) in [6.07, 6.45) is 0. The van der Waals surface area contributed by atoms with Gasteiger partial charge in [-0.1, -0.05) is 45.7 Å². The van der Waals surface area contributed by atoms with Crippen molar-refractivity contribution in [2.24, 2.45) is 0 Å². The van der Waals surface area contributed by atoms with Gasteiger partial charge in [-0.3, -0.25) is 0 Å². The van der Waals surface area contributed by atoms with Crippen molar-refractivity contribution >= 4 is 27.5 Å². The number of hydrogen-bond donors (Lipinski definition) is 0. The minimum absolute atomic E-state index is 0.263. The second kappa shape index (κ2) is 5.72. The Balaban J connectivity index is 2.48. The fraction of sp³-hybridized carbons (Fsp3) is 0.143. The van der Waals surface area contributed by atoms with E-state index in [0.717, 1.165) is 5.56 Å². The van der Waals surface area contributed by atoms with Gasteiger partial charge in [-0.25, -0.2) is 4.39 Å². The molecule has 1 unspecified atom stereocenters. The summed E-state index contributed by atoms with van der Waals surface area (Å²) >= 11 is 9.47. The second-order valence-corrected chi connectivity index (χ2v) is 5.12. The first-order valence-corrected chi connectivity index (χ1v) is 6.64. The van der Waals surface area contributed by atoms with Crippen molar-refractivity contribution in [2.75, 3.05) is 7.11 Å². The maximum atomic E-state index is 13.8. The molecule has 4 heteroatoms. The Morgan fingerprint density at radius 3 is 2.56 bits per heavy atom. The molecule has 0 fully saturated rings. The SMILES string of the molecule is COc1ccc(Cl)cc1C(Br)c1ccccc1F. The van der Waals surface area contributed by atoms with Crippen LogP contribution in [-0.4, -0.2) is 7.11 Å². The van der Waals surface area contributed by atoms with E-state index in [1.807, 2.05) is 0 Å². The Hall–Kier alpha value is -1.06. The largest absolute Gasteiger partial charge is 0.496 e. The Morgan fingerprint density at radius 1 is 1.17 bits per heavy atom. The number of methoxy groups -OCH3 is 1. The van der Waals surface area contributed by atoms with Gasteiger partial charge < -0.3 is 4.74 Å². The van der Waals surface area contributed by atoms with Gasteiger partial charge in [-0.05, 0) is 24.3 Å². The third-order valence-corrected chi connectivity index (χ3v) is 3.86. The Labute approximate surface area is 119 Å². The zero-order chi connectivity index (χ0) is 13.1. The van der Waals surface area contributed by atoms with Gasteiger partial charge in [0.2, 0.25) is 0 Å². The number of benzene rings is 2. The van der Waals surface area contributed by atoms with Crippen molar-refractivity contribution in [3.05, 3.63) is 64.4 Å². The fourth-order valence-electron chi connectivity index (χ4n) is 1.75. The highest BCUT2D eigenvalue weighted by atomic mass is 79.9. The minimum Gasteiger partial charge on any atom is -0.496 e. The summed E-state index contributed by atoms with van der Waals surface area (Å²) in [5, 5.41) is 0.589. The Morgan fingerprint density at radius 2 is 1.89 bits per heavy atom. The highest BCUT2D eigenvalue weighted by molar-refractivity contribution is 9.09. The van der Waals surface area contributed by atoms with Gasteiger partial charge in [0.05, 0.1) is 11.9 Å². The van der Waals surface area contributed by atoms with E-state index in [4.69, 9.17) is 16.3 Å². The molecule has 0 heterocycles. The van der Waals surface area contributed by atoms with Gasteiger partial charge in [0.25, 0.3) is 0 Å². The molecule has 0 amide bonds. The van der Waals surface area contributed by atoms with Crippen LogP contribution in [0.4, 0.5) is 4.39 Å². The van der Waals surface area contributed by atoms with E-state index in [1.54, 1.807) is 43.5 Å². The molecule has 2 rings (SSSR count). The molecular formula is C14H11BrClFO. The van der Waals surface area contributed by atoms with Crippen LogP contribution in [0.5, 0.6) is 5.75 Å². The summed E-state index contributed by atoms with van der Waals surface area (Å²) in [7, 11) is 1.58. The average molecular weight is 330 g/mol. The first-order valence-electron chi connectivity index (χ1n) is 5.35. The van der Waals surface area contributed by atoms with Crippen molar-refractivity contribution in [3.63, 3.8) is 0 Å². The molecule has 0 N–H and O–H groups in total.